The predicted octanol–water partition coefficient (Wildman–Crippen LogP) is 2.85. The SMILES string of the molecule is CC(C)c1ccc(OCC(=O)Nc2cccc(S(=O)(=O)N3CCOCC3)c2)cc1. The van der Waals surface area contributed by atoms with E-state index in [2.05, 4.69) is 19.2 Å². The molecule has 0 aliphatic carbocycles. The Kier molecular flexibility index (Phi) is 6.89. The molecule has 7 nitrogen and oxygen atoms in total. The van der Waals surface area contributed by atoms with Crippen LogP contribution in [0.3, 0.4) is 0 Å². The van der Waals surface area contributed by atoms with E-state index in [-0.39, 0.29) is 17.4 Å². The number of nitrogens with zero attached hydrogens (tertiary/aromatic N) is 1. The first-order valence-electron chi connectivity index (χ1n) is 9.57. The van der Waals surface area contributed by atoms with Gasteiger partial charge in [0, 0.05) is 18.8 Å². The molecule has 0 saturated carbocycles. The molecule has 1 N–H and O–H groups in total. The number of amides is 1. The van der Waals surface area contributed by atoms with Crippen LogP contribution in [0.1, 0.15) is 25.3 Å². The minimum atomic E-state index is -3.62. The zero-order chi connectivity index (χ0) is 20.9. The molecule has 0 radical (unpaired) electrons. The van der Waals surface area contributed by atoms with Gasteiger partial charge in [-0.1, -0.05) is 32.0 Å². The van der Waals surface area contributed by atoms with Gasteiger partial charge in [0.15, 0.2) is 6.61 Å². The van der Waals surface area contributed by atoms with E-state index < -0.39 is 10.0 Å². The van der Waals surface area contributed by atoms with Crippen LogP contribution in [0.4, 0.5) is 5.69 Å². The van der Waals surface area contributed by atoms with Crippen LogP contribution < -0.4 is 10.1 Å². The first kappa shape index (κ1) is 21.3. The van der Waals surface area contributed by atoms with Crippen molar-refractivity contribution in [1.82, 2.24) is 4.31 Å². The lowest BCUT2D eigenvalue weighted by molar-refractivity contribution is -0.118. The van der Waals surface area contributed by atoms with Crippen LogP contribution in [0.2, 0.25) is 0 Å². The summed E-state index contributed by atoms with van der Waals surface area (Å²) in [6.45, 7) is 5.45. The Balaban J connectivity index is 1.60. The van der Waals surface area contributed by atoms with E-state index in [0.717, 1.165) is 0 Å². The Bertz CT molecular complexity index is 936. The lowest BCUT2D eigenvalue weighted by atomic mass is 10.0. The molecule has 1 saturated heterocycles. The van der Waals surface area contributed by atoms with Gasteiger partial charge in [-0.2, -0.15) is 4.31 Å². The highest BCUT2D eigenvalue weighted by Crippen LogP contribution is 2.21. The fraction of sp³-hybridized carbons (Fsp3) is 0.381. The maximum Gasteiger partial charge on any atom is 0.262 e. The van der Waals surface area contributed by atoms with Crippen molar-refractivity contribution in [3.05, 3.63) is 54.1 Å². The molecule has 2 aromatic rings. The number of carbonyl (C=O) groups excluding carboxylic acids is 1. The molecule has 29 heavy (non-hydrogen) atoms. The van der Waals surface area contributed by atoms with Gasteiger partial charge < -0.3 is 14.8 Å². The van der Waals surface area contributed by atoms with Crippen LogP contribution in [0.15, 0.2) is 53.4 Å². The average Bonchev–Trinajstić information content (AvgIpc) is 2.73. The molecule has 1 aliphatic rings. The number of ether oxygens (including phenoxy) is 2. The summed E-state index contributed by atoms with van der Waals surface area (Å²) >= 11 is 0. The molecule has 3 rings (SSSR count). The zero-order valence-corrected chi connectivity index (χ0v) is 17.4. The molecule has 0 unspecified atom stereocenters. The highest BCUT2D eigenvalue weighted by Gasteiger charge is 2.26. The van der Waals surface area contributed by atoms with Crippen molar-refractivity contribution in [1.29, 1.82) is 0 Å². The van der Waals surface area contributed by atoms with Gasteiger partial charge in [0.2, 0.25) is 10.0 Å². The Labute approximate surface area is 171 Å². The van der Waals surface area contributed by atoms with E-state index >= 15 is 0 Å². The number of rotatable bonds is 7. The Hall–Kier alpha value is -2.42. The first-order chi connectivity index (χ1) is 13.9. The molecular formula is C21H26N2O5S. The fourth-order valence-electron chi connectivity index (χ4n) is 2.97. The van der Waals surface area contributed by atoms with Crippen molar-refractivity contribution >= 4 is 21.6 Å². The highest BCUT2D eigenvalue weighted by atomic mass is 32.2. The van der Waals surface area contributed by atoms with E-state index in [1.54, 1.807) is 12.1 Å². The summed E-state index contributed by atoms with van der Waals surface area (Å²) in [7, 11) is -3.62. The normalized spacial score (nSPS) is 15.3. The van der Waals surface area contributed by atoms with E-state index in [1.165, 1.54) is 22.0 Å². The zero-order valence-electron chi connectivity index (χ0n) is 16.6. The molecule has 1 amide bonds. The minimum Gasteiger partial charge on any atom is -0.484 e. The molecule has 156 valence electrons. The van der Waals surface area contributed by atoms with Crippen LogP contribution in [-0.2, 0) is 19.6 Å². The molecule has 0 atom stereocenters. The van der Waals surface area contributed by atoms with Gasteiger partial charge >= 0.3 is 0 Å². The van der Waals surface area contributed by atoms with E-state index in [0.29, 0.717) is 43.7 Å². The summed E-state index contributed by atoms with van der Waals surface area (Å²) in [5, 5.41) is 2.69. The molecular weight excluding hydrogens is 392 g/mol. The molecule has 1 aliphatic heterocycles. The Morgan fingerprint density at radius 3 is 2.48 bits per heavy atom. The van der Waals surface area contributed by atoms with Crippen molar-refractivity contribution in [2.75, 3.05) is 38.2 Å². The van der Waals surface area contributed by atoms with Gasteiger partial charge in [-0.05, 0) is 41.8 Å². The molecule has 1 heterocycles. The van der Waals surface area contributed by atoms with E-state index in [1.807, 2.05) is 24.3 Å². The average molecular weight is 419 g/mol. The highest BCUT2D eigenvalue weighted by molar-refractivity contribution is 7.89. The third-order valence-corrected chi connectivity index (χ3v) is 6.54. The minimum absolute atomic E-state index is 0.141. The van der Waals surface area contributed by atoms with Gasteiger partial charge in [0.25, 0.3) is 5.91 Å². The second-order valence-corrected chi connectivity index (χ2v) is 9.04. The number of carbonyl (C=O) groups is 1. The van der Waals surface area contributed by atoms with Crippen LogP contribution in [-0.4, -0.2) is 51.5 Å². The maximum absolute atomic E-state index is 12.7. The standard InChI is InChI=1S/C21H26N2O5S/c1-16(2)17-6-8-19(9-7-17)28-15-21(24)22-18-4-3-5-20(14-18)29(25,26)23-10-12-27-13-11-23/h3-9,14,16H,10-13,15H2,1-2H3,(H,22,24). The van der Waals surface area contributed by atoms with Gasteiger partial charge in [0.1, 0.15) is 5.75 Å². The quantitative estimate of drug-likeness (QED) is 0.747. The van der Waals surface area contributed by atoms with Crippen molar-refractivity contribution in [2.24, 2.45) is 0 Å². The van der Waals surface area contributed by atoms with Crippen LogP contribution in [0.25, 0.3) is 0 Å². The summed E-state index contributed by atoms with van der Waals surface area (Å²) < 4.78 is 37.6. The predicted molar refractivity (Wildman–Crippen MR) is 111 cm³/mol. The van der Waals surface area contributed by atoms with E-state index in [4.69, 9.17) is 9.47 Å². The third-order valence-electron chi connectivity index (χ3n) is 4.64. The molecule has 0 aromatic heterocycles. The number of nitrogens with one attached hydrogen (secondary N) is 1. The van der Waals surface area contributed by atoms with Gasteiger partial charge in [-0.25, -0.2) is 8.42 Å². The van der Waals surface area contributed by atoms with E-state index in [9.17, 15) is 13.2 Å². The maximum atomic E-state index is 12.7. The van der Waals surface area contributed by atoms with Crippen LogP contribution >= 0.6 is 0 Å². The summed E-state index contributed by atoms with van der Waals surface area (Å²) in [6.07, 6.45) is 0. The third kappa shape index (κ3) is 5.56. The number of anilines is 1. The number of hydrogen-bond acceptors (Lipinski definition) is 5. The van der Waals surface area contributed by atoms with Crippen LogP contribution in [0.5, 0.6) is 5.75 Å². The Morgan fingerprint density at radius 1 is 1.14 bits per heavy atom. The summed E-state index contributed by atoms with van der Waals surface area (Å²) in [5.74, 6) is 0.667. The second-order valence-electron chi connectivity index (χ2n) is 7.10. The number of benzene rings is 2. The molecule has 8 heteroatoms. The molecule has 0 bridgehead atoms. The second kappa shape index (κ2) is 9.39. The lowest BCUT2D eigenvalue weighted by Gasteiger charge is -2.26. The topological polar surface area (TPSA) is 84.9 Å². The van der Waals surface area contributed by atoms with Crippen molar-refractivity contribution in [3.63, 3.8) is 0 Å². The van der Waals surface area contributed by atoms with Gasteiger partial charge in [0.05, 0.1) is 18.1 Å². The van der Waals surface area contributed by atoms with Gasteiger partial charge in [-0.15, -0.1) is 0 Å². The van der Waals surface area contributed by atoms with Crippen molar-refractivity contribution in [3.8, 4) is 5.75 Å². The first-order valence-corrected chi connectivity index (χ1v) is 11.0. The smallest absolute Gasteiger partial charge is 0.262 e. The largest absolute Gasteiger partial charge is 0.484 e. The van der Waals surface area contributed by atoms with Crippen molar-refractivity contribution < 1.29 is 22.7 Å². The number of hydrogen-bond donors (Lipinski definition) is 1. The summed E-state index contributed by atoms with van der Waals surface area (Å²) in [4.78, 5) is 12.4. The molecule has 2 aromatic carbocycles. The molecule has 1 fully saturated rings. The molecule has 0 spiro atoms. The fourth-order valence-corrected chi connectivity index (χ4v) is 4.42. The summed E-state index contributed by atoms with van der Waals surface area (Å²) in [6, 6.07) is 13.8. The number of morpholine rings is 1. The summed E-state index contributed by atoms with van der Waals surface area (Å²) in [5.41, 5.74) is 1.60. The number of sulfonamides is 1. The van der Waals surface area contributed by atoms with Crippen LogP contribution in [0, 0.1) is 0 Å². The van der Waals surface area contributed by atoms with Gasteiger partial charge in [-0.3, -0.25) is 4.79 Å². The Morgan fingerprint density at radius 2 is 1.83 bits per heavy atom. The van der Waals surface area contributed by atoms with Crippen molar-refractivity contribution in [2.45, 2.75) is 24.7 Å². The lowest BCUT2D eigenvalue weighted by Crippen LogP contribution is -2.40. The monoisotopic (exact) mass is 418 g/mol.